The Morgan fingerprint density at radius 2 is 1.77 bits per heavy atom. The first-order valence-electron chi connectivity index (χ1n) is 9.02. The molecular formula is C18H20N6O5S2. The fraction of sp³-hybridized carbons (Fsp3) is 0.222. The number of carbonyl (C=O) groups is 1. The molecule has 164 valence electrons. The molecule has 0 spiro atoms. The highest BCUT2D eigenvalue weighted by molar-refractivity contribution is 7.89. The minimum atomic E-state index is -3.72. The lowest BCUT2D eigenvalue weighted by molar-refractivity contribution is 0.0702. The number of nitrogens with two attached hydrogens (primary N) is 1. The van der Waals surface area contributed by atoms with Crippen molar-refractivity contribution < 1.29 is 23.5 Å². The molecule has 0 saturated carbocycles. The molecule has 13 heteroatoms. The number of hydrogen-bond donors (Lipinski definition) is 3. The van der Waals surface area contributed by atoms with E-state index < -0.39 is 16.0 Å². The fourth-order valence-electron chi connectivity index (χ4n) is 3.12. The molecule has 0 unspecified atom stereocenters. The molecule has 1 aromatic carbocycles. The van der Waals surface area contributed by atoms with Gasteiger partial charge in [-0.15, -0.1) is 0 Å². The number of aromatic nitrogens is 3. The minimum absolute atomic E-state index is 0.161. The number of benzene rings is 1. The molecule has 1 aliphatic rings. The molecule has 11 nitrogen and oxygen atoms in total. The van der Waals surface area contributed by atoms with Crippen molar-refractivity contribution in [2.24, 2.45) is 5.90 Å². The normalized spacial score (nSPS) is 14.6. The van der Waals surface area contributed by atoms with Crippen LogP contribution in [0.1, 0.15) is 9.67 Å². The number of aromatic carboxylic acids is 1. The van der Waals surface area contributed by atoms with Gasteiger partial charge in [-0.2, -0.15) is 4.31 Å². The Hall–Kier alpha value is -2.97. The van der Waals surface area contributed by atoms with Gasteiger partial charge in [-0.1, -0.05) is 29.5 Å². The van der Waals surface area contributed by atoms with Gasteiger partial charge in [-0.25, -0.2) is 34.1 Å². The Balaban J connectivity index is 0.00000132. The van der Waals surface area contributed by atoms with Crippen LogP contribution in [0.4, 0.5) is 5.13 Å². The van der Waals surface area contributed by atoms with E-state index in [1.165, 1.54) is 16.8 Å². The summed E-state index contributed by atoms with van der Waals surface area (Å²) in [5, 5.41) is 16.1. The third-order valence-electron chi connectivity index (χ3n) is 4.58. The van der Waals surface area contributed by atoms with Crippen LogP contribution in [0.15, 0.2) is 53.9 Å². The molecule has 3 heterocycles. The summed E-state index contributed by atoms with van der Waals surface area (Å²) in [6, 6.07) is 8.45. The van der Waals surface area contributed by atoms with Gasteiger partial charge in [0.2, 0.25) is 10.0 Å². The van der Waals surface area contributed by atoms with E-state index in [9.17, 15) is 13.2 Å². The largest absolute Gasteiger partial charge is 0.477 e. The van der Waals surface area contributed by atoms with E-state index in [2.05, 4.69) is 20.8 Å². The molecule has 4 N–H and O–H groups in total. The number of rotatable bonds is 5. The highest BCUT2D eigenvalue weighted by Gasteiger charge is 2.31. The quantitative estimate of drug-likeness (QED) is 0.467. The van der Waals surface area contributed by atoms with E-state index in [-0.39, 0.29) is 22.9 Å². The highest BCUT2D eigenvalue weighted by Crippen LogP contribution is 2.29. The van der Waals surface area contributed by atoms with Gasteiger partial charge >= 0.3 is 5.97 Å². The SMILES string of the molecule is NO.O=C(O)c1cnc(N2CCN(S(=O)(=O)c3ccccc3-c3ccncn3)CC2)s1. The van der Waals surface area contributed by atoms with Gasteiger partial charge in [-0.3, -0.25) is 0 Å². The van der Waals surface area contributed by atoms with Crippen LogP contribution in [0.3, 0.4) is 0 Å². The van der Waals surface area contributed by atoms with Crippen molar-refractivity contribution in [3.63, 3.8) is 0 Å². The van der Waals surface area contributed by atoms with Gasteiger partial charge in [0.15, 0.2) is 5.13 Å². The number of sulfonamides is 1. The molecule has 1 aliphatic heterocycles. The Labute approximate surface area is 182 Å². The van der Waals surface area contributed by atoms with Crippen molar-refractivity contribution in [2.75, 3.05) is 31.1 Å². The summed E-state index contributed by atoms with van der Waals surface area (Å²) in [7, 11) is -3.72. The molecule has 2 aromatic heterocycles. The van der Waals surface area contributed by atoms with Gasteiger partial charge < -0.3 is 15.2 Å². The first kappa shape index (κ1) is 22.7. The highest BCUT2D eigenvalue weighted by atomic mass is 32.2. The lowest BCUT2D eigenvalue weighted by atomic mass is 10.1. The summed E-state index contributed by atoms with van der Waals surface area (Å²) in [4.78, 5) is 25.5. The van der Waals surface area contributed by atoms with Crippen molar-refractivity contribution in [1.82, 2.24) is 19.3 Å². The van der Waals surface area contributed by atoms with E-state index in [0.29, 0.717) is 29.5 Å². The first-order valence-corrected chi connectivity index (χ1v) is 11.3. The molecule has 0 radical (unpaired) electrons. The second-order valence-corrected chi connectivity index (χ2v) is 9.21. The van der Waals surface area contributed by atoms with Gasteiger partial charge in [-0.05, 0) is 12.1 Å². The van der Waals surface area contributed by atoms with Crippen LogP contribution in [0.5, 0.6) is 0 Å². The summed E-state index contributed by atoms with van der Waals surface area (Å²) in [5.74, 6) is 2.48. The molecule has 1 fully saturated rings. The summed E-state index contributed by atoms with van der Waals surface area (Å²) >= 11 is 1.09. The Kier molecular flexibility index (Phi) is 7.25. The zero-order valence-corrected chi connectivity index (χ0v) is 17.8. The topological polar surface area (TPSA) is 163 Å². The predicted molar refractivity (Wildman–Crippen MR) is 113 cm³/mol. The molecule has 0 bridgehead atoms. The number of nitrogens with zero attached hydrogens (tertiary/aromatic N) is 5. The van der Waals surface area contributed by atoms with Crippen LogP contribution in [-0.4, -0.2) is 70.1 Å². The van der Waals surface area contributed by atoms with E-state index in [0.717, 1.165) is 11.3 Å². The number of thiazole rings is 1. The predicted octanol–water partition coefficient (Wildman–Crippen LogP) is 1.14. The molecule has 3 aromatic rings. The van der Waals surface area contributed by atoms with Crippen LogP contribution in [-0.2, 0) is 10.0 Å². The smallest absolute Gasteiger partial charge is 0.347 e. The third kappa shape index (κ3) is 4.86. The van der Waals surface area contributed by atoms with Crippen molar-refractivity contribution in [3.05, 3.63) is 53.9 Å². The molecule has 0 atom stereocenters. The molecule has 4 rings (SSSR count). The van der Waals surface area contributed by atoms with Gasteiger partial charge in [0.1, 0.15) is 11.2 Å². The summed E-state index contributed by atoms with van der Waals surface area (Å²) in [5.41, 5.74) is 1.07. The third-order valence-corrected chi connectivity index (χ3v) is 7.58. The zero-order chi connectivity index (χ0) is 22.4. The van der Waals surface area contributed by atoms with Crippen LogP contribution in [0.25, 0.3) is 11.3 Å². The molecule has 0 aliphatic carbocycles. The van der Waals surface area contributed by atoms with Crippen molar-refractivity contribution in [3.8, 4) is 11.3 Å². The Morgan fingerprint density at radius 3 is 2.39 bits per heavy atom. The average Bonchev–Trinajstić information content (AvgIpc) is 3.32. The lowest BCUT2D eigenvalue weighted by Gasteiger charge is -2.34. The number of anilines is 1. The molecule has 31 heavy (non-hydrogen) atoms. The summed E-state index contributed by atoms with van der Waals surface area (Å²) < 4.78 is 28.0. The number of carboxylic acids is 1. The molecular weight excluding hydrogens is 444 g/mol. The lowest BCUT2D eigenvalue weighted by Crippen LogP contribution is -2.48. The van der Waals surface area contributed by atoms with E-state index in [4.69, 9.17) is 10.3 Å². The van der Waals surface area contributed by atoms with Crippen molar-refractivity contribution in [2.45, 2.75) is 4.90 Å². The van der Waals surface area contributed by atoms with E-state index in [1.54, 1.807) is 36.5 Å². The minimum Gasteiger partial charge on any atom is -0.477 e. The maximum Gasteiger partial charge on any atom is 0.347 e. The van der Waals surface area contributed by atoms with Crippen LogP contribution >= 0.6 is 11.3 Å². The standard InChI is InChI=1S/C18H17N5O4S2.H3NO/c24-17(25)15-11-20-18(28-15)22-7-9-23(10-8-22)29(26,27)16-4-2-1-3-13(16)14-5-6-19-12-21-14;1-2/h1-6,11-12H,7-10H2,(H,24,25);2H,1H2. The monoisotopic (exact) mass is 464 g/mol. The molecule has 1 saturated heterocycles. The van der Waals surface area contributed by atoms with E-state index in [1.807, 2.05) is 4.90 Å². The Morgan fingerprint density at radius 1 is 1.06 bits per heavy atom. The van der Waals surface area contributed by atoms with E-state index >= 15 is 0 Å². The fourth-order valence-corrected chi connectivity index (χ4v) is 5.55. The van der Waals surface area contributed by atoms with Crippen molar-refractivity contribution >= 4 is 32.5 Å². The summed E-state index contributed by atoms with van der Waals surface area (Å²) in [6.45, 7) is 1.42. The average molecular weight is 465 g/mol. The maximum absolute atomic E-state index is 13.3. The second-order valence-electron chi connectivity index (χ2n) is 6.29. The van der Waals surface area contributed by atoms with Gasteiger partial charge in [0, 0.05) is 37.9 Å². The summed E-state index contributed by atoms with van der Waals surface area (Å²) in [6.07, 6.45) is 4.28. The number of carboxylic acid groups (broad SMARTS) is 1. The Bertz CT molecular complexity index is 1130. The maximum atomic E-state index is 13.3. The molecule has 0 amide bonds. The number of hydrogen-bond acceptors (Lipinski definition) is 10. The first-order chi connectivity index (χ1) is 15.0. The van der Waals surface area contributed by atoms with Crippen molar-refractivity contribution in [1.29, 1.82) is 0 Å². The zero-order valence-electron chi connectivity index (χ0n) is 16.2. The number of piperazine rings is 1. The van der Waals surface area contributed by atoms with Crippen LogP contribution in [0, 0.1) is 0 Å². The van der Waals surface area contributed by atoms with Crippen LogP contribution in [0.2, 0.25) is 0 Å². The van der Waals surface area contributed by atoms with Gasteiger partial charge in [0.25, 0.3) is 0 Å². The second kappa shape index (κ2) is 9.89. The van der Waals surface area contributed by atoms with Crippen LogP contribution < -0.4 is 10.8 Å². The van der Waals surface area contributed by atoms with Gasteiger partial charge in [0.05, 0.1) is 16.8 Å².